The Balaban J connectivity index is 1.75. The summed E-state index contributed by atoms with van der Waals surface area (Å²) in [6.45, 7) is 2.03. The Morgan fingerprint density at radius 3 is 2.86 bits per heavy atom. The van der Waals surface area contributed by atoms with E-state index in [0.717, 1.165) is 27.7 Å². The predicted octanol–water partition coefficient (Wildman–Crippen LogP) is 4.62. The van der Waals surface area contributed by atoms with Crippen LogP contribution in [0.25, 0.3) is 16.4 Å². The molecule has 1 N–H and O–H groups in total. The molecule has 0 saturated heterocycles. The van der Waals surface area contributed by atoms with Crippen molar-refractivity contribution in [1.82, 2.24) is 19.7 Å². The van der Waals surface area contributed by atoms with Crippen LogP contribution in [0.1, 0.15) is 16.1 Å². The third kappa shape index (κ3) is 3.61. The van der Waals surface area contributed by atoms with Gasteiger partial charge in [0.15, 0.2) is 16.8 Å². The number of nitrogens with zero attached hydrogens (tertiary/aromatic N) is 3. The molecule has 4 rings (SSSR count). The first-order valence-corrected chi connectivity index (χ1v) is 10.5. The number of Topliss-reactive ketones (excluding diaryl/α,β-unsaturated/α-hetero) is 1. The number of nitrogens with one attached hydrogen (secondary N) is 1. The molecule has 0 fully saturated rings. The number of thiophene rings is 1. The SMILES string of the molecule is COc1ccc(C)cc1-n1c(SCC(=O)c2ccc[nH]2)nnc1-c1cccs1. The molecule has 3 heterocycles. The number of aromatic amines is 1. The number of rotatable bonds is 7. The summed E-state index contributed by atoms with van der Waals surface area (Å²) in [5.74, 6) is 1.73. The number of methoxy groups -OCH3 is 1. The minimum atomic E-state index is 0.0124. The van der Waals surface area contributed by atoms with Gasteiger partial charge in [-0.3, -0.25) is 9.36 Å². The number of hydrogen-bond acceptors (Lipinski definition) is 6. The molecule has 3 aromatic heterocycles. The highest BCUT2D eigenvalue weighted by atomic mass is 32.2. The van der Waals surface area contributed by atoms with Gasteiger partial charge < -0.3 is 9.72 Å². The van der Waals surface area contributed by atoms with Gasteiger partial charge in [-0.05, 0) is 48.2 Å². The Bertz CT molecular complexity index is 1090. The van der Waals surface area contributed by atoms with Crippen LogP contribution in [0.5, 0.6) is 5.75 Å². The second kappa shape index (κ2) is 8.04. The molecule has 0 aliphatic carbocycles. The predicted molar refractivity (Wildman–Crippen MR) is 112 cm³/mol. The Morgan fingerprint density at radius 1 is 1.25 bits per heavy atom. The zero-order valence-corrected chi connectivity index (χ0v) is 17.0. The van der Waals surface area contributed by atoms with E-state index in [0.29, 0.717) is 10.9 Å². The first-order chi connectivity index (χ1) is 13.7. The van der Waals surface area contributed by atoms with E-state index in [1.165, 1.54) is 11.8 Å². The smallest absolute Gasteiger partial charge is 0.196 e. The van der Waals surface area contributed by atoms with Gasteiger partial charge in [0.1, 0.15) is 5.75 Å². The van der Waals surface area contributed by atoms with E-state index in [9.17, 15) is 4.79 Å². The van der Waals surface area contributed by atoms with Crippen molar-refractivity contribution in [2.24, 2.45) is 0 Å². The molecule has 0 bridgehead atoms. The molecule has 0 atom stereocenters. The fourth-order valence-electron chi connectivity index (χ4n) is 2.83. The Kier molecular flexibility index (Phi) is 5.31. The van der Waals surface area contributed by atoms with Gasteiger partial charge in [0, 0.05) is 6.20 Å². The average Bonchev–Trinajstić information content (AvgIpc) is 3.47. The summed E-state index contributed by atoms with van der Waals surface area (Å²) < 4.78 is 7.54. The van der Waals surface area contributed by atoms with Crippen LogP contribution in [-0.4, -0.2) is 38.4 Å². The lowest BCUT2D eigenvalue weighted by atomic mass is 10.2. The zero-order valence-electron chi connectivity index (χ0n) is 15.4. The maximum Gasteiger partial charge on any atom is 0.196 e. The quantitative estimate of drug-likeness (QED) is 0.356. The molecule has 0 aliphatic heterocycles. The molecular weight excluding hydrogens is 392 g/mol. The van der Waals surface area contributed by atoms with Crippen LogP contribution in [0.4, 0.5) is 0 Å². The highest BCUT2D eigenvalue weighted by Crippen LogP contribution is 2.34. The maximum absolute atomic E-state index is 12.4. The van der Waals surface area contributed by atoms with Gasteiger partial charge in [0.05, 0.1) is 29.1 Å². The van der Waals surface area contributed by atoms with Crippen LogP contribution in [0.15, 0.2) is 59.2 Å². The number of ether oxygens (including phenoxy) is 1. The van der Waals surface area contributed by atoms with Crippen LogP contribution in [-0.2, 0) is 0 Å². The monoisotopic (exact) mass is 410 g/mol. The van der Waals surface area contributed by atoms with Crippen LogP contribution in [0, 0.1) is 6.92 Å². The molecule has 4 aromatic rings. The third-order valence-electron chi connectivity index (χ3n) is 4.18. The molecule has 28 heavy (non-hydrogen) atoms. The highest BCUT2D eigenvalue weighted by molar-refractivity contribution is 7.99. The summed E-state index contributed by atoms with van der Waals surface area (Å²) in [5, 5.41) is 11.4. The van der Waals surface area contributed by atoms with Gasteiger partial charge in [-0.1, -0.05) is 23.9 Å². The van der Waals surface area contributed by atoms with Gasteiger partial charge >= 0.3 is 0 Å². The number of carbonyl (C=O) groups is 1. The summed E-state index contributed by atoms with van der Waals surface area (Å²) >= 11 is 2.95. The van der Waals surface area contributed by atoms with Crippen molar-refractivity contribution >= 4 is 28.9 Å². The molecule has 6 nitrogen and oxygen atoms in total. The van der Waals surface area contributed by atoms with Gasteiger partial charge in [-0.25, -0.2) is 0 Å². The third-order valence-corrected chi connectivity index (χ3v) is 5.98. The highest BCUT2D eigenvalue weighted by Gasteiger charge is 2.21. The molecule has 1 aromatic carbocycles. The lowest BCUT2D eigenvalue weighted by molar-refractivity contribution is 0.101. The topological polar surface area (TPSA) is 72.8 Å². The summed E-state index contributed by atoms with van der Waals surface area (Å²) in [6.07, 6.45) is 1.74. The van der Waals surface area contributed by atoms with Gasteiger partial charge in [0.2, 0.25) is 0 Å². The van der Waals surface area contributed by atoms with E-state index >= 15 is 0 Å². The summed E-state index contributed by atoms with van der Waals surface area (Å²) in [6, 6.07) is 13.5. The van der Waals surface area contributed by atoms with E-state index in [1.54, 1.807) is 30.7 Å². The number of aromatic nitrogens is 4. The molecule has 0 saturated carbocycles. The van der Waals surface area contributed by atoms with Crippen molar-refractivity contribution in [3.63, 3.8) is 0 Å². The summed E-state index contributed by atoms with van der Waals surface area (Å²) in [7, 11) is 1.64. The first-order valence-electron chi connectivity index (χ1n) is 8.61. The number of aryl methyl sites for hydroxylation is 1. The van der Waals surface area contributed by atoms with Crippen molar-refractivity contribution in [2.75, 3.05) is 12.9 Å². The normalized spacial score (nSPS) is 10.9. The lowest BCUT2D eigenvalue weighted by Crippen LogP contribution is -2.06. The van der Waals surface area contributed by atoms with Gasteiger partial charge in [-0.15, -0.1) is 21.5 Å². The molecular formula is C20H18N4O2S2. The Labute approximate surface area is 170 Å². The molecule has 8 heteroatoms. The first kappa shape index (κ1) is 18.5. The Morgan fingerprint density at radius 2 is 2.14 bits per heavy atom. The van der Waals surface area contributed by atoms with Crippen molar-refractivity contribution < 1.29 is 9.53 Å². The standard InChI is InChI=1S/C20H18N4O2S2/c1-13-7-8-17(26-2)15(11-13)24-19(18-6-4-10-27-18)22-23-20(24)28-12-16(25)14-5-3-9-21-14/h3-11,21H,12H2,1-2H3. The van der Waals surface area contributed by atoms with Crippen LogP contribution >= 0.6 is 23.1 Å². The van der Waals surface area contributed by atoms with Crippen LogP contribution in [0.2, 0.25) is 0 Å². The molecule has 0 aliphatic rings. The van der Waals surface area contributed by atoms with Gasteiger partial charge in [0.25, 0.3) is 0 Å². The van der Waals surface area contributed by atoms with Crippen LogP contribution in [0.3, 0.4) is 0 Å². The lowest BCUT2D eigenvalue weighted by Gasteiger charge is -2.14. The second-order valence-corrected chi connectivity index (χ2v) is 7.98. The van der Waals surface area contributed by atoms with E-state index in [1.807, 2.05) is 53.3 Å². The maximum atomic E-state index is 12.4. The number of benzene rings is 1. The average molecular weight is 411 g/mol. The second-order valence-electron chi connectivity index (χ2n) is 6.09. The number of hydrogen-bond donors (Lipinski definition) is 1. The molecule has 0 unspecified atom stereocenters. The van der Waals surface area contributed by atoms with Crippen molar-refractivity contribution in [2.45, 2.75) is 12.1 Å². The summed E-state index contributed by atoms with van der Waals surface area (Å²) in [4.78, 5) is 16.4. The fraction of sp³-hybridized carbons (Fsp3) is 0.150. The number of carbonyl (C=O) groups excluding carboxylic acids is 1. The van der Waals surface area contributed by atoms with E-state index in [2.05, 4.69) is 15.2 Å². The van der Waals surface area contributed by atoms with E-state index < -0.39 is 0 Å². The zero-order chi connectivity index (χ0) is 19.5. The fourth-order valence-corrected chi connectivity index (χ4v) is 4.36. The molecule has 0 spiro atoms. The van der Waals surface area contributed by atoms with Crippen molar-refractivity contribution in [3.05, 3.63) is 65.3 Å². The molecule has 0 amide bonds. The van der Waals surface area contributed by atoms with Crippen molar-refractivity contribution in [1.29, 1.82) is 0 Å². The number of H-pyrrole nitrogens is 1. The number of ketones is 1. The minimum Gasteiger partial charge on any atom is -0.495 e. The van der Waals surface area contributed by atoms with Gasteiger partial charge in [-0.2, -0.15) is 0 Å². The number of thioether (sulfide) groups is 1. The molecule has 0 radical (unpaired) electrons. The summed E-state index contributed by atoms with van der Waals surface area (Å²) in [5.41, 5.74) is 2.54. The van der Waals surface area contributed by atoms with E-state index in [-0.39, 0.29) is 11.5 Å². The molecule has 142 valence electrons. The van der Waals surface area contributed by atoms with Crippen LogP contribution < -0.4 is 4.74 Å². The Hall–Kier alpha value is -2.84. The van der Waals surface area contributed by atoms with E-state index in [4.69, 9.17) is 4.74 Å². The largest absolute Gasteiger partial charge is 0.495 e. The minimum absolute atomic E-state index is 0.0124. The van der Waals surface area contributed by atoms with Crippen molar-refractivity contribution in [3.8, 4) is 22.1 Å².